The fourth-order valence-electron chi connectivity index (χ4n) is 6.50. The van der Waals surface area contributed by atoms with Crippen LogP contribution in [0.2, 0.25) is 0 Å². The number of amides is 2. The fraction of sp³-hybridized carbons (Fsp3) is 0.692. The van der Waals surface area contributed by atoms with Crippen molar-refractivity contribution in [2.24, 2.45) is 11.8 Å². The lowest BCUT2D eigenvalue weighted by atomic mass is 9.76. The van der Waals surface area contributed by atoms with Crippen molar-refractivity contribution in [3.63, 3.8) is 0 Å². The van der Waals surface area contributed by atoms with Crippen LogP contribution in [0.15, 0.2) is 30.3 Å². The number of anilines is 1. The van der Waals surface area contributed by atoms with E-state index in [-0.39, 0.29) is 5.91 Å². The highest BCUT2D eigenvalue weighted by molar-refractivity contribution is 5.78. The molecule has 4 fully saturated rings. The minimum atomic E-state index is 0.153. The van der Waals surface area contributed by atoms with E-state index in [1.54, 1.807) is 0 Å². The molecule has 180 valence electrons. The summed E-state index contributed by atoms with van der Waals surface area (Å²) in [5.41, 5.74) is 1.31. The van der Waals surface area contributed by atoms with Gasteiger partial charge in [0.2, 0.25) is 11.8 Å². The van der Waals surface area contributed by atoms with Gasteiger partial charge in [-0.25, -0.2) is 0 Å². The van der Waals surface area contributed by atoms with Crippen LogP contribution in [0.5, 0.6) is 0 Å². The maximum Gasteiger partial charge on any atom is 0.234 e. The number of benzene rings is 1. The first kappa shape index (κ1) is 22.7. The Morgan fingerprint density at radius 2 is 1.82 bits per heavy atom. The molecule has 4 heterocycles. The maximum atomic E-state index is 12.6. The summed E-state index contributed by atoms with van der Waals surface area (Å²) in [6, 6.07) is 11.1. The van der Waals surface area contributed by atoms with Gasteiger partial charge < -0.3 is 15.1 Å². The lowest BCUT2D eigenvalue weighted by Gasteiger charge is -2.52. The van der Waals surface area contributed by atoms with Gasteiger partial charge in [-0.05, 0) is 56.2 Å². The highest BCUT2D eigenvalue weighted by Gasteiger charge is 2.44. The average Bonchev–Trinajstić information content (AvgIpc) is 2.83. The highest BCUT2D eigenvalue weighted by Crippen LogP contribution is 2.37. The molecular weight excluding hydrogens is 414 g/mol. The van der Waals surface area contributed by atoms with Crippen molar-refractivity contribution < 1.29 is 9.59 Å². The van der Waals surface area contributed by atoms with Crippen molar-refractivity contribution in [2.75, 3.05) is 70.3 Å². The summed E-state index contributed by atoms with van der Waals surface area (Å²) >= 11 is 0. The maximum absolute atomic E-state index is 12.6. The number of carbonyl (C=O) groups excluding carboxylic acids is 2. The second-order valence-electron chi connectivity index (χ2n) is 10.4. The van der Waals surface area contributed by atoms with Gasteiger partial charge in [-0.1, -0.05) is 18.2 Å². The number of hydrogen-bond acceptors (Lipinski definition) is 5. The zero-order chi connectivity index (χ0) is 22.6. The second-order valence-corrected chi connectivity index (χ2v) is 10.4. The van der Waals surface area contributed by atoms with Crippen molar-refractivity contribution in [1.82, 2.24) is 20.0 Å². The Bertz CT molecular complexity index is 810. The summed E-state index contributed by atoms with van der Waals surface area (Å²) in [5.74, 6) is 1.59. The molecule has 1 N–H and O–H groups in total. The molecule has 4 aliphatic rings. The monoisotopic (exact) mass is 453 g/mol. The molecule has 0 radical (unpaired) electrons. The molecule has 1 aromatic carbocycles. The van der Waals surface area contributed by atoms with Crippen LogP contribution in [-0.4, -0.2) is 98.0 Å². The van der Waals surface area contributed by atoms with E-state index in [2.05, 4.69) is 55.2 Å². The molecule has 7 nitrogen and oxygen atoms in total. The Labute approximate surface area is 198 Å². The van der Waals surface area contributed by atoms with Crippen molar-refractivity contribution in [1.29, 1.82) is 0 Å². The number of nitrogens with zero attached hydrogens (tertiary/aromatic N) is 4. The van der Waals surface area contributed by atoms with Crippen molar-refractivity contribution in [2.45, 2.75) is 38.1 Å². The summed E-state index contributed by atoms with van der Waals surface area (Å²) in [4.78, 5) is 34.4. The van der Waals surface area contributed by atoms with Crippen molar-refractivity contribution >= 4 is 17.5 Å². The average molecular weight is 454 g/mol. The van der Waals surface area contributed by atoms with Gasteiger partial charge in [-0.3, -0.25) is 19.4 Å². The molecular formula is C26H39N5O2. The Morgan fingerprint density at radius 1 is 1.00 bits per heavy atom. The Hall–Kier alpha value is -2.12. The molecule has 2 amide bonds. The first-order valence-corrected chi connectivity index (χ1v) is 13.0. The minimum Gasteiger partial charge on any atom is -0.369 e. The van der Waals surface area contributed by atoms with Gasteiger partial charge in [0.1, 0.15) is 0 Å². The van der Waals surface area contributed by atoms with Crippen LogP contribution in [-0.2, 0) is 9.59 Å². The number of likely N-dealkylation sites (tertiary alicyclic amines) is 1. The zero-order valence-electron chi connectivity index (χ0n) is 19.8. The third-order valence-electron chi connectivity index (χ3n) is 8.09. The standard InChI is InChI=1S/C26H39N5O2/c32-25(20-29-17-21-16-22(19-29)24-8-4-9-26(33)31(24)18-21)27-10-5-11-28-12-14-30(15-13-28)23-6-2-1-3-7-23/h1-3,6-7,21-22,24H,4-5,8-20H2,(H,27,32)/t21-,22-,24-/m1/s1. The van der Waals surface area contributed by atoms with E-state index in [4.69, 9.17) is 0 Å². The molecule has 0 unspecified atom stereocenters. The largest absolute Gasteiger partial charge is 0.369 e. The van der Waals surface area contributed by atoms with Crippen LogP contribution < -0.4 is 10.2 Å². The van der Waals surface area contributed by atoms with Crippen molar-refractivity contribution in [3.8, 4) is 0 Å². The summed E-state index contributed by atoms with van der Waals surface area (Å²) < 4.78 is 0. The fourth-order valence-corrected chi connectivity index (χ4v) is 6.50. The first-order chi connectivity index (χ1) is 16.2. The van der Waals surface area contributed by atoms with E-state index < -0.39 is 0 Å². The molecule has 7 heteroatoms. The van der Waals surface area contributed by atoms with Gasteiger partial charge in [0.15, 0.2) is 0 Å². The van der Waals surface area contributed by atoms with E-state index in [9.17, 15) is 9.59 Å². The number of hydrogen-bond donors (Lipinski definition) is 1. The second kappa shape index (κ2) is 10.4. The number of nitrogens with one attached hydrogen (secondary N) is 1. The number of carbonyl (C=O) groups is 2. The van der Waals surface area contributed by atoms with Gasteiger partial charge in [0.05, 0.1) is 6.54 Å². The van der Waals surface area contributed by atoms with Gasteiger partial charge >= 0.3 is 0 Å². The van der Waals surface area contributed by atoms with Crippen LogP contribution in [0.25, 0.3) is 0 Å². The number of piperidine rings is 3. The molecule has 4 saturated heterocycles. The molecule has 5 rings (SSSR count). The van der Waals surface area contributed by atoms with Crippen LogP contribution in [0.4, 0.5) is 5.69 Å². The topological polar surface area (TPSA) is 59.1 Å². The predicted octanol–water partition coefficient (Wildman–Crippen LogP) is 1.65. The summed E-state index contributed by atoms with van der Waals surface area (Å²) in [6.07, 6.45) is 5.13. The van der Waals surface area contributed by atoms with Crippen molar-refractivity contribution in [3.05, 3.63) is 30.3 Å². The van der Waals surface area contributed by atoms with Gasteiger partial charge in [-0.15, -0.1) is 0 Å². The number of piperazine rings is 1. The Balaban J connectivity index is 0.983. The lowest BCUT2D eigenvalue weighted by Crippen LogP contribution is -2.61. The van der Waals surface area contributed by atoms with Gasteiger partial charge in [0, 0.05) is 70.5 Å². The Morgan fingerprint density at radius 3 is 2.64 bits per heavy atom. The number of fused-ring (bicyclic) bond motifs is 4. The molecule has 0 spiro atoms. The molecule has 1 aromatic rings. The summed E-state index contributed by atoms with van der Waals surface area (Å²) in [5, 5.41) is 3.15. The molecule has 4 aliphatic heterocycles. The van der Waals surface area contributed by atoms with Crippen LogP contribution in [0, 0.1) is 11.8 Å². The van der Waals surface area contributed by atoms with Gasteiger partial charge in [-0.2, -0.15) is 0 Å². The van der Waals surface area contributed by atoms with E-state index in [0.29, 0.717) is 30.3 Å². The van der Waals surface area contributed by atoms with Gasteiger partial charge in [0.25, 0.3) is 0 Å². The van der Waals surface area contributed by atoms with E-state index in [0.717, 1.165) is 84.6 Å². The van der Waals surface area contributed by atoms with E-state index in [1.165, 1.54) is 12.1 Å². The normalized spacial score (nSPS) is 28.5. The van der Waals surface area contributed by atoms with E-state index in [1.807, 2.05) is 0 Å². The van der Waals surface area contributed by atoms with Crippen LogP contribution in [0.3, 0.4) is 0 Å². The third kappa shape index (κ3) is 5.52. The SMILES string of the molecule is O=C(CN1C[C@H]2C[C@H](C1)[C@H]1CCCC(=O)N1C2)NCCCN1CCN(c2ccccc2)CC1. The molecule has 33 heavy (non-hydrogen) atoms. The Kier molecular flexibility index (Phi) is 7.16. The number of rotatable bonds is 7. The molecule has 0 aliphatic carbocycles. The lowest BCUT2D eigenvalue weighted by molar-refractivity contribution is -0.145. The molecule has 0 saturated carbocycles. The van der Waals surface area contributed by atoms with E-state index >= 15 is 0 Å². The zero-order valence-corrected chi connectivity index (χ0v) is 19.8. The molecule has 0 aromatic heterocycles. The summed E-state index contributed by atoms with van der Waals surface area (Å²) in [6.45, 7) is 9.41. The summed E-state index contributed by atoms with van der Waals surface area (Å²) in [7, 11) is 0. The van der Waals surface area contributed by atoms with Crippen LogP contribution in [0.1, 0.15) is 32.1 Å². The molecule has 3 atom stereocenters. The third-order valence-corrected chi connectivity index (χ3v) is 8.09. The predicted molar refractivity (Wildman–Crippen MR) is 130 cm³/mol. The smallest absolute Gasteiger partial charge is 0.234 e. The quantitative estimate of drug-likeness (QED) is 0.637. The number of para-hydroxylation sites is 1. The minimum absolute atomic E-state index is 0.153. The van der Waals surface area contributed by atoms with Crippen LogP contribution >= 0.6 is 0 Å². The molecule has 2 bridgehead atoms. The first-order valence-electron chi connectivity index (χ1n) is 13.0. The highest BCUT2D eigenvalue weighted by atomic mass is 16.2.